The van der Waals surface area contributed by atoms with E-state index >= 15 is 0 Å². The molecule has 0 N–H and O–H groups in total. The summed E-state index contributed by atoms with van der Waals surface area (Å²) < 4.78 is 10.9. The second-order valence-corrected chi connectivity index (χ2v) is 7.36. The first-order valence-corrected chi connectivity index (χ1v) is 8.75. The minimum atomic E-state index is -0.545. The van der Waals surface area contributed by atoms with Crippen molar-refractivity contribution in [1.82, 2.24) is 0 Å². The van der Waals surface area contributed by atoms with E-state index in [1.54, 1.807) is 14.2 Å². The molecule has 1 atom stereocenters. The first kappa shape index (κ1) is 16.8. The highest BCUT2D eigenvalue weighted by Crippen LogP contribution is 2.55. The second-order valence-electron chi connectivity index (χ2n) is 7.36. The van der Waals surface area contributed by atoms with Crippen LogP contribution < -0.4 is 14.4 Å². The molecule has 5 heteroatoms. The Morgan fingerprint density at radius 1 is 1.08 bits per heavy atom. The highest BCUT2D eigenvalue weighted by molar-refractivity contribution is 6.04. The molecule has 2 aliphatic rings. The van der Waals surface area contributed by atoms with Gasteiger partial charge in [0.1, 0.15) is 11.5 Å². The highest BCUT2D eigenvalue weighted by Gasteiger charge is 2.61. The fraction of sp³-hybridized carbons (Fsp3) is 0.381. The monoisotopic (exact) mass is 352 g/mol. The van der Waals surface area contributed by atoms with Crippen LogP contribution in [-0.4, -0.2) is 32.7 Å². The zero-order chi connectivity index (χ0) is 18.5. The Morgan fingerprint density at radius 3 is 2.54 bits per heavy atom. The topological polar surface area (TPSA) is 43.3 Å². The molecule has 4 rings (SSSR count). The smallest absolute Gasteiger partial charge is 0.224 e. The standard InChI is InChI=1S/C21H24N2O3/c1-20(2)16-8-6-7-9-18(16)23(3)21(20)13-17(22-26-21)15-11-10-14(24-4)12-19(15)25-5/h6-12H,13H2,1-5H3. The Kier molecular flexibility index (Phi) is 3.65. The second kappa shape index (κ2) is 5.66. The van der Waals surface area contributed by atoms with Crippen molar-refractivity contribution in [1.29, 1.82) is 0 Å². The van der Waals surface area contributed by atoms with Gasteiger partial charge < -0.3 is 19.2 Å². The maximum absolute atomic E-state index is 6.16. The van der Waals surface area contributed by atoms with Crippen molar-refractivity contribution in [2.75, 3.05) is 26.2 Å². The molecule has 0 aliphatic carbocycles. The quantitative estimate of drug-likeness (QED) is 0.839. The third-order valence-electron chi connectivity index (χ3n) is 5.89. The fourth-order valence-corrected chi connectivity index (χ4v) is 4.24. The lowest BCUT2D eigenvalue weighted by Crippen LogP contribution is -2.54. The fourth-order valence-electron chi connectivity index (χ4n) is 4.24. The number of likely N-dealkylation sites (N-methyl/N-ethyl adjacent to an activating group) is 1. The third-order valence-corrected chi connectivity index (χ3v) is 5.89. The molecule has 2 aromatic carbocycles. The van der Waals surface area contributed by atoms with Crippen LogP contribution in [0.5, 0.6) is 11.5 Å². The Hall–Kier alpha value is -2.69. The van der Waals surface area contributed by atoms with E-state index in [9.17, 15) is 0 Å². The summed E-state index contributed by atoms with van der Waals surface area (Å²) in [5.74, 6) is 1.49. The molecule has 2 aliphatic heterocycles. The number of nitrogens with zero attached hydrogens (tertiary/aromatic N) is 2. The number of oxime groups is 1. The van der Waals surface area contributed by atoms with Crippen LogP contribution in [0.25, 0.3) is 0 Å². The van der Waals surface area contributed by atoms with Crippen LogP contribution in [0.4, 0.5) is 5.69 Å². The zero-order valence-corrected chi connectivity index (χ0v) is 15.9. The molecule has 0 saturated carbocycles. The average molecular weight is 352 g/mol. The van der Waals surface area contributed by atoms with E-state index in [1.165, 1.54) is 11.3 Å². The van der Waals surface area contributed by atoms with Crippen LogP contribution in [0.15, 0.2) is 47.6 Å². The number of hydrogen-bond acceptors (Lipinski definition) is 5. The molecule has 0 saturated heterocycles. The van der Waals surface area contributed by atoms with Crippen LogP contribution in [0.2, 0.25) is 0 Å². The van der Waals surface area contributed by atoms with E-state index in [0.717, 1.165) is 22.8 Å². The number of para-hydroxylation sites is 1. The lowest BCUT2D eigenvalue weighted by atomic mass is 9.75. The van der Waals surface area contributed by atoms with Gasteiger partial charge in [-0.3, -0.25) is 0 Å². The van der Waals surface area contributed by atoms with Crippen molar-refractivity contribution in [3.05, 3.63) is 53.6 Å². The van der Waals surface area contributed by atoms with Crippen LogP contribution >= 0.6 is 0 Å². The van der Waals surface area contributed by atoms with Gasteiger partial charge in [0.05, 0.1) is 31.8 Å². The summed E-state index contributed by atoms with van der Waals surface area (Å²) in [6.07, 6.45) is 0.674. The largest absolute Gasteiger partial charge is 0.497 e. The molecule has 136 valence electrons. The van der Waals surface area contributed by atoms with E-state index in [1.807, 2.05) is 18.2 Å². The van der Waals surface area contributed by atoms with Gasteiger partial charge in [-0.05, 0) is 37.6 Å². The molecule has 1 unspecified atom stereocenters. The van der Waals surface area contributed by atoms with Gasteiger partial charge in [0.15, 0.2) is 0 Å². The Labute approximate surface area is 154 Å². The van der Waals surface area contributed by atoms with E-state index in [-0.39, 0.29) is 5.41 Å². The minimum Gasteiger partial charge on any atom is -0.497 e. The van der Waals surface area contributed by atoms with Crippen molar-refractivity contribution in [3.8, 4) is 11.5 Å². The van der Waals surface area contributed by atoms with Crippen molar-refractivity contribution in [3.63, 3.8) is 0 Å². The van der Waals surface area contributed by atoms with Crippen molar-refractivity contribution in [2.24, 2.45) is 5.16 Å². The van der Waals surface area contributed by atoms with Crippen molar-refractivity contribution >= 4 is 11.4 Å². The van der Waals surface area contributed by atoms with Gasteiger partial charge in [0.2, 0.25) is 5.72 Å². The first-order valence-electron chi connectivity index (χ1n) is 8.75. The van der Waals surface area contributed by atoms with Gasteiger partial charge in [-0.15, -0.1) is 0 Å². The van der Waals surface area contributed by atoms with E-state index in [0.29, 0.717) is 6.42 Å². The van der Waals surface area contributed by atoms with Gasteiger partial charge in [-0.1, -0.05) is 23.4 Å². The third kappa shape index (κ3) is 2.06. The molecular formula is C21H24N2O3. The minimum absolute atomic E-state index is 0.205. The Bertz CT molecular complexity index is 891. The van der Waals surface area contributed by atoms with Gasteiger partial charge in [-0.25, -0.2) is 0 Å². The lowest BCUT2D eigenvalue weighted by Gasteiger charge is -2.40. The number of anilines is 1. The summed E-state index contributed by atoms with van der Waals surface area (Å²) in [5, 5.41) is 4.49. The predicted octanol–water partition coefficient (Wildman–Crippen LogP) is 3.95. The molecule has 1 spiro atoms. The predicted molar refractivity (Wildman–Crippen MR) is 102 cm³/mol. The summed E-state index contributed by atoms with van der Waals surface area (Å²) >= 11 is 0. The first-order chi connectivity index (χ1) is 12.4. The number of fused-ring (bicyclic) bond motifs is 1. The molecule has 0 aromatic heterocycles. The van der Waals surface area contributed by atoms with Crippen LogP contribution in [0, 0.1) is 0 Å². The van der Waals surface area contributed by atoms with Crippen molar-refractivity contribution < 1.29 is 14.3 Å². The van der Waals surface area contributed by atoms with E-state index < -0.39 is 5.72 Å². The number of ether oxygens (including phenoxy) is 2. The average Bonchev–Trinajstić information content (AvgIpc) is 3.19. The lowest BCUT2D eigenvalue weighted by molar-refractivity contribution is -0.0591. The van der Waals surface area contributed by atoms with Crippen LogP contribution in [-0.2, 0) is 10.3 Å². The molecule has 2 heterocycles. The summed E-state index contributed by atoms with van der Waals surface area (Å²) in [4.78, 5) is 8.38. The van der Waals surface area contributed by atoms with Gasteiger partial charge in [-0.2, -0.15) is 0 Å². The SMILES string of the molecule is COc1ccc(C2=NOC3(C2)N(C)c2ccccc2C3(C)C)c(OC)c1. The summed E-state index contributed by atoms with van der Waals surface area (Å²) in [6, 6.07) is 14.2. The molecule has 0 amide bonds. The van der Waals surface area contributed by atoms with Crippen LogP contribution in [0.3, 0.4) is 0 Å². The normalized spacial score (nSPS) is 22.8. The Balaban J connectivity index is 1.73. The number of benzene rings is 2. The van der Waals surface area contributed by atoms with E-state index in [4.69, 9.17) is 14.3 Å². The molecule has 26 heavy (non-hydrogen) atoms. The molecule has 5 nitrogen and oxygen atoms in total. The van der Waals surface area contributed by atoms with Gasteiger partial charge in [0, 0.05) is 24.4 Å². The molecular weight excluding hydrogens is 328 g/mol. The number of methoxy groups -OCH3 is 2. The van der Waals surface area contributed by atoms with E-state index in [2.05, 4.69) is 55.2 Å². The number of hydrogen-bond donors (Lipinski definition) is 0. The molecule has 2 aromatic rings. The van der Waals surface area contributed by atoms with Gasteiger partial charge in [0.25, 0.3) is 0 Å². The summed E-state index contributed by atoms with van der Waals surface area (Å²) in [7, 11) is 5.38. The highest BCUT2D eigenvalue weighted by atomic mass is 16.7. The zero-order valence-electron chi connectivity index (χ0n) is 15.9. The Morgan fingerprint density at radius 2 is 1.85 bits per heavy atom. The maximum Gasteiger partial charge on any atom is 0.224 e. The summed E-state index contributed by atoms with van der Waals surface area (Å²) in [5.41, 5.74) is 3.54. The molecule has 0 bridgehead atoms. The molecule has 0 fully saturated rings. The summed E-state index contributed by atoms with van der Waals surface area (Å²) in [6.45, 7) is 4.44. The van der Waals surface area contributed by atoms with Crippen molar-refractivity contribution in [2.45, 2.75) is 31.4 Å². The number of rotatable bonds is 3. The van der Waals surface area contributed by atoms with Gasteiger partial charge >= 0.3 is 0 Å². The molecule has 0 radical (unpaired) electrons. The maximum atomic E-state index is 6.16. The van der Waals surface area contributed by atoms with Crippen LogP contribution in [0.1, 0.15) is 31.4 Å².